The van der Waals surface area contributed by atoms with Crippen LogP contribution in [0.1, 0.15) is 64.1 Å². The van der Waals surface area contributed by atoms with Gasteiger partial charge in [-0.2, -0.15) is 0 Å². The summed E-state index contributed by atoms with van der Waals surface area (Å²) in [5, 5.41) is 3.10. The largest absolute Gasteiger partial charge is 0.371 e. The van der Waals surface area contributed by atoms with Crippen molar-refractivity contribution in [2.75, 3.05) is 18.0 Å². The Balaban J connectivity index is 1.20. The van der Waals surface area contributed by atoms with Crippen LogP contribution in [-0.2, 0) is 13.0 Å². The summed E-state index contributed by atoms with van der Waals surface area (Å²) in [5.74, 6) is 0.569. The van der Waals surface area contributed by atoms with Gasteiger partial charge in [-0.3, -0.25) is 9.20 Å². The molecule has 35 heavy (non-hydrogen) atoms. The van der Waals surface area contributed by atoms with E-state index in [0.29, 0.717) is 18.2 Å². The van der Waals surface area contributed by atoms with E-state index in [1.165, 1.54) is 29.7 Å². The number of nitrogens with one attached hydrogen (secondary N) is 1. The van der Waals surface area contributed by atoms with Crippen molar-refractivity contribution in [1.29, 1.82) is 0 Å². The monoisotopic (exact) mass is 466 g/mol. The number of rotatable bonds is 6. The Morgan fingerprint density at radius 3 is 2.31 bits per heavy atom. The first-order valence-corrected chi connectivity index (χ1v) is 12.7. The average Bonchev–Trinajstić information content (AvgIpc) is 3.26. The fourth-order valence-electron chi connectivity index (χ4n) is 5.09. The summed E-state index contributed by atoms with van der Waals surface area (Å²) >= 11 is 0. The number of aromatic nitrogens is 2. The molecular formula is C30H34N4O. The van der Waals surface area contributed by atoms with Crippen LogP contribution >= 0.6 is 0 Å². The molecule has 0 atom stereocenters. The van der Waals surface area contributed by atoms with Crippen LogP contribution in [-0.4, -0.2) is 28.4 Å². The summed E-state index contributed by atoms with van der Waals surface area (Å²) in [6.07, 6.45) is 5.06. The van der Waals surface area contributed by atoms with Crippen LogP contribution < -0.4 is 10.2 Å². The number of fused-ring (bicyclic) bond motifs is 1. The molecule has 2 aromatic carbocycles. The molecule has 4 aromatic rings. The van der Waals surface area contributed by atoms with Gasteiger partial charge in [0.1, 0.15) is 11.3 Å². The Labute approximate surface area is 207 Å². The van der Waals surface area contributed by atoms with Gasteiger partial charge in [0, 0.05) is 31.5 Å². The van der Waals surface area contributed by atoms with Crippen molar-refractivity contribution < 1.29 is 4.79 Å². The molecule has 0 saturated carbocycles. The highest BCUT2D eigenvalue weighted by molar-refractivity contribution is 5.94. The second-order valence-electron chi connectivity index (χ2n) is 9.72. The van der Waals surface area contributed by atoms with Gasteiger partial charge in [-0.1, -0.05) is 55.0 Å². The van der Waals surface area contributed by atoms with Crippen LogP contribution in [0.2, 0.25) is 0 Å². The first kappa shape index (κ1) is 23.2. The predicted molar refractivity (Wildman–Crippen MR) is 142 cm³/mol. The maximum atomic E-state index is 13.1. The van der Waals surface area contributed by atoms with Crippen LogP contribution in [0.15, 0.2) is 66.9 Å². The first-order valence-electron chi connectivity index (χ1n) is 12.7. The molecule has 0 aliphatic carbocycles. The minimum absolute atomic E-state index is 0.0813. The molecule has 0 unspecified atom stereocenters. The first-order chi connectivity index (χ1) is 17.0. The van der Waals surface area contributed by atoms with Gasteiger partial charge in [-0.25, -0.2) is 4.98 Å². The number of aryl methyl sites for hydroxylation is 3. The van der Waals surface area contributed by atoms with Crippen molar-refractivity contribution in [1.82, 2.24) is 14.7 Å². The second kappa shape index (κ2) is 9.95. The molecular weight excluding hydrogens is 432 g/mol. The van der Waals surface area contributed by atoms with Gasteiger partial charge in [0.25, 0.3) is 5.91 Å². The molecule has 1 N–H and O–H groups in total. The van der Waals surface area contributed by atoms with E-state index in [1.807, 2.05) is 36.6 Å². The van der Waals surface area contributed by atoms with Crippen LogP contribution in [0.4, 0.5) is 5.69 Å². The summed E-state index contributed by atoms with van der Waals surface area (Å²) in [6, 6.07) is 21.6. The lowest BCUT2D eigenvalue weighted by atomic mass is 9.89. The van der Waals surface area contributed by atoms with Gasteiger partial charge in [0.15, 0.2) is 0 Å². The van der Waals surface area contributed by atoms with Crippen molar-refractivity contribution in [3.63, 3.8) is 0 Å². The lowest BCUT2D eigenvalue weighted by Crippen LogP contribution is -2.32. The Morgan fingerprint density at radius 1 is 0.943 bits per heavy atom. The second-order valence-corrected chi connectivity index (χ2v) is 9.72. The molecule has 0 spiro atoms. The van der Waals surface area contributed by atoms with Gasteiger partial charge in [0.05, 0.1) is 5.69 Å². The maximum absolute atomic E-state index is 13.1. The number of pyridine rings is 1. The molecule has 5 heteroatoms. The summed E-state index contributed by atoms with van der Waals surface area (Å²) in [5.41, 5.74) is 8.53. The molecule has 1 saturated heterocycles. The number of amides is 1. The third-order valence-corrected chi connectivity index (χ3v) is 7.19. The van der Waals surface area contributed by atoms with E-state index in [0.717, 1.165) is 42.0 Å². The summed E-state index contributed by atoms with van der Waals surface area (Å²) in [7, 11) is 0. The Kier molecular flexibility index (Phi) is 6.58. The zero-order valence-electron chi connectivity index (χ0n) is 20.9. The van der Waals surface area contributed by atoms with Gasteiger partial charge in [0.2, 0.25) is 0 Å². The van der Waals surface area contributed by atoms with Gasteiger partial charge in [-0.15, -0.1) is 0 Å². The Bertz CT molecular complexity index is 1310. The van der Waals surface area contributed by atoms with Crippen LogP contribution in [0, 0.1) is 13.8 Å². The number of piperidine rings is 1. The minimum Gasteiger partial charge on any atom is -0.371 e. The summed E-state index contributed by atoms with van der Waals surface area (Å²) in [6.45, 7) is 8.85. The standard InChI is InChI=1S/C30H34N4O/c1-4-27-29(34-20-22(3)7-14-28(34)32-27)30(35)31-19-23-8-12-26(13-9-23)33-17-15-25(16-18-33)24-10-5-21(2)6-11-24/h5-14,20,25H,4,15-19H2,1-3H3,(H,31,35). The minimum atomic E-state index is -0.0813. The number of nitrogens with zero attached hydrogens (tertiary/aromatic N) is 3. The zero-order valence-corrected chi connectivity index (χ0v) is 20.9. The van der Waals surface area contributed by atoms with E-state index in [-0.39, 0.29) is 5.91 Å². The molecule has 1 aliphatic heterocycles. The molecule has 1 amide bonds. The van der Waals surface area contributed by atoms with E-state index < -0.39 is 0 Å². The number of carbonyl (C=O) groups excluding carboxylic acids is 1. The quantitative estimate of drug-likeness (QED) is 0.389. The SMILES string of the molecule is CCc1nc2ccc(C)cn2c1C(=O)NCc1ccc(N2CCC(c3ccc(C)cc3)CC2)cc1. The highest BCUT2D eigenvalue weighted by Gasteiger charge is 2.21. The van der Waals surface area contributed by atoms with E-state index >= 15 is 0 Å². The van der Waals surface area contributed by atoms with Gasteiger partial charge < -0.3 is 10.2 Å². The summed E-state index contributed by atoms with van der Waals surface area (Å²) < 4.78 is 1.91. The van der Waals surface area contributed by atoms with E-state index in [2.05, 4.69) is 70.7 Å². The van der Waals surface area contributed by atoms with Crippen LogP contribution in [0.3, 0.4) is 0 Å². The van der Waals surface area contributed by atoms with Crippen molar-refractivity contribution >= 4 is 17.2 Å². The van der Waals surface area contributed by atoms with Crippen molar-refractivity contribution in [2.24, 2.45) is 0 Å². The Morgan fingerprint density at radius 2 is 1.63 bits per heavy atom. The topological polar surface area (TPSA) is 49.6 Å². The highest BCUT2D eigenvalue weighted by atomic mass is 16.1. The summed E-state index contributed by atoms with van der Waals surface area (Å²) in [4.78, 5) is 20.2. The lowest BCUT2D eigenvalue weighted by molar-refractivity contribution is 0.0944. The number of imidazole rings is 1. The van der Waals surface area contributed by atoms with Crippen LogP contribution in [0.5, 0.6) is 0 Å². The van der Waals surface area contributed by atoms with Crippen LogP contribution in [0.25, 0.3) is 5.65 Å². The van der Waals surface area contributed by atoms with E-state index in [9.17, 15) is 4.79 Å². The van der Waals surface area contributed by atoms with Crippen molar-refractivity contribution in [2.45, 2.75) is 52.5 Å². The average molecular weight is 467 g/mol. The molecule has 0 radical (unpaired) electrons. The third-order valence-electron chi connectivity index (χ3n) is 7.19. The third kappa shape index (κ3) is 4.95. The number of hydrogen-bond acceptors (Lipinski definition) is 3. The fraction of sp³-hybridized carbons (Fsp3) is 0.333. The predicted octanol–water partition coefficient (Wildman–Crippen LogP) is 5.83. The molecule has 180 valence electrons. The van der Waals surface area contributed by atoms with Gasteiger partial charge >= 0.3 is 0 Å². The number of anilines is 1. The van der Waals surface area contributed by atoms with E-state index in [4.69, 9.17) is 0 Å². The number of carbonyl (C=O) groups is 1. The van der Waals surface area contributed by atoms with Crippen molar-refractivity contribution in [3.8, 4) is 0 Å². The van der Waals surface area contributed by atoms with E-state index in [1.54, 1.807) is 0 Å². The number of benzene rings is 2. The fourth-order valence-corrected chi connectivity index (χ4v) is 5.09. The molecule has 3 heterocycles. The lowest BCUT2D eigenvalue weighted by Gasteiger charge is -2.34. The molecule has 0 bridgehead atoms. The highest BCUT2D eigenvalue weighted by Crippen LogP contribution is 2.30. The maximum Gasteiger partial charge on any atom is 0.270 e. The zero-order chi connectivity index (χ0) is 24.4. The molecule has 1 fully saturated rings. The molecule has 5 nitrogen and oxygen atoms in total. The molecule has 2 aromatic heterocycles. The van der Waals surface area contributed by atoms with Crippen molar-refractivity contribution in [3.05, 3.63) is 101 Å². The smallest absolute Gasteiger partial charge is 0.270 e. The number of hydrogen-bond donors (Lipinski definition) is 1. The molecule has 1 aliphatic rings. The molecule has 5 rings (SSSR count). The van der Waals surface area contributed by atoms with Gasteiger partial charge in [-0.05, 0) is 73.9 Å². The normalized spacial score (nSPS) is 14.4. The Hall–Kier alpha value is -3.60.